The summed E-state index contributed by atoms with van der Waals surface area (Å²) in [7, 11) is 4.05. The molecule has 0 spiro atoms. The summed E-state index contributed by atoms with van der Waals surface area (Å²) >= 11 is 5.86. The summed E-state index contributed by atoms with van der Waals surface area (Å²) in [6.45, 7) is 3.00. The topological polar surface area (TPSA) is 41.0 Å². The second-order valence-corrected chi connectivity index (χ2v) is 3.86. The van der Waals surface area contributed by atoms with Gasteiger partial charge >= 0.3 is 0 Å². The zero-order valence-corrected chi connectivity index (χ0v) is 9.41. The van der Waals surface area contributed by atoms with Gasteiger partial charge in [-0.15, -0.1) is 0 Å². The molecule has 78 valence electrons. The van der Waals surface area contributed by atoms with Gasteiger partial charge in [-0.2, -0.15) is 0 Å². The van der Waals surface area contributed by atoms with Crippen LogP contribution in [0, 0.1) is 0 Å². The molecule has 0 saturated carbocycles. The zero-order chi connectivity index (χ0) is 10.6. The standard InChI is InChI=1S/C9H15ClN4/c1-7(6-14(2)3)13-9-8(10)11-4-5-12-9/h4-5,7H,6H2,1-3H3,(H,12,13). The van der Waals surface area contributed by atoms with Gasteiger partial charge in [-0.3, -0.25) is 0 Å². The SMILES string of the molecule is CC(CN(C)C)Nc1nccnc1Cl. The van der Waals surface area contributed by atoms with E-state index in [9.17, 15) is 0 Å². The Kier molecular flexibility index (Phi) is 4.10. The smallest absolute Gasteiger partial charge is 0.171 e. The van der Waals surface area contributed by atoms with Gasteiger partial charge in [-0.1, -0.05) is 11.6 Å². The van der Waals surface area contributed by atoms with E-state index in [-0.39, 0.29) is 0 Å². The first kappa shape index (κ1) is 11.2. The third kappa shape index (κ3) is 3.47. The zero-order valence-electron chi connectivity index (χ0n) is 8.66. The fraction of sp³-hybridized carbons (Fsp3) is 0.556. The van der Waals surface area contributed by atoms with Crippen molar-refractivity contribution in [2.45, 2.75) is 13.0 Å². The monoisotopic (exact) mass is 214 g/mol. The van der Waals surface area contributed by atoms with E-state index in [4.69, 9.17) is 11.6 Å². The lowest BCUT2D eigenvalue weighted by molar-refractivity contribution is 0.392. The Bertz CT molecular complexity index is 290. The highest BCUT2D eigenvalue weighted by Crippen LogP contribution is 2.14. The summed E-state index contributed by atoms with van der Waals surface area (Å²) in [6.07, 6.45) is 3.20. The molecule has 5 heteroatoms. The first-order valence-corrected chi connectivity index (χ1v) is 4.85. The van der Waals surface area contributed by atoms with Crippen LogP contribution in [0.2, 0.25) is 5.15 Å². The summed E-state index contributed by atoms with van der Waals surface area (Å²) in [6, 6.07) is 0.291. The third-order valence-corrected chi connectivity index (χ3v) is 1.95. The van der Waals surface area contributed by atoms with Crippen LogP contribution in [0.3, 0.4) is 0 Å². The molecule has 0 bridgehead atoms. The van der Waals surface area contributed by atoms with Crippen molar-refractivity contribution in [1.82, 2.24) is 14.9 Å². The summed E-state index contributed by atoms with van der Waals surface area (Å²) < 4.78 is 0. The number of aromatic nitrogens is 2. The van der Waals surface area contributed by atoms with Crippen molar-refractivity contribution in [3.63, 3.8) is 0 Å². The van der Waals surface area contributed by atoms with Crippen molar-refractivity contribution >= 4 is 17.4 Å². The predicted molar refractivity (Wildman–Crippen MR) is 58.7 cm³/mol. The molecule has 0 aromatic carbocycles. The number of anilines is 1. The number of nitrogens with one attached hydrogen (secondary N) is 1. The van der Waals surface area contributed by atoms with E-state index >= 15 is 0 Å². The molecular weight excluding hydrogens is 200 g/mol. The van der Waals surface area contributed by atoms with Crippen LogP contribution in [-0.2, 0) is 0 Å². The predicted octanol–water partition coefficient (Wildman–Crippen LogP) is 1.49. The summed E-state index contributed by atoms with van der Waals surface area (Å²) in [5.74, 6) is 0.642. The molecule has 1 unspecified atom stereocenters. The van der Waals surface area contributed by atoms with Crippen LogP contribution in [0.5, 0.6) is 0 Å². The molecule has 1 aromatic heterocycles. The van der Waals surface area contributed by atoms with Gasteiger partial charge in [0.2, 0.25) is 0 Å². The number of halogens is 1. The number of hydrogen-bond acceptors (Lipinski definition) is 4. The summed E-state index contributed by atoms with van der Waals surface area (Å²) in [4.78, 5) is 10.1. The van der Waals surface area contributed by atoms with Gasteiger partial charge in [-0.25, -0.2) is 9.97 Å². The van der Waals surface area contributed by atoms with Crippen LogP contribution in [0.15, 0.2) is 12.4 Å². The Morgan fingerprint density at radius 1 is 1.43 bits per heavy atom. The van der Waals surface area contributed by atoms with Crippen LogP contribution in [0.25, 0.3) is 0 Å². The molecule has 0 radical (unpaired) electrons. The fourth-order valence-corrected chi connectivity index (χ4v) is 1.40. The molecule has 0 aliphatic carbocycles. The molecule has 4 nitrogen and oxygen atoms in total. The molecule has 0 saturated heterocycles. The van der Waals surface area contributed by atoms with Gasteiger partial charge in [0.25, 0.3) is 0 Å². The molecule has 1 rings (SSSR count). The van der Waals surface area contributed by atoms with Crippen LogP contribution in [0.1, 0.15) is 6.92 Å². The lowest BCUT2D eigenvalue weighted by atomic mass is 10.3. The van der Waals surface area contributed by atoms with Gasteiger partial charge in [0.05, 0.1) is 0 Å². The minimum Gasteiger partial charge on any atom is -0.364 e. The van der Waals surface area contributed by atoms with Crippen LogP contribution >= 0.6 is 11.6 Å². The van der Waals surface area contributed by atoms with E-state index < -0.39 is 0 Å². The molecule has 0 amide bonds. The Labute approximate surface area is 89.3 Å². The summed E-state index contributed by atoms with van der Waals surface area (Å²) in [5, 5.41) is 3.61. The van der Waals surface area contributed by atoms with Gasteiger partial charge in [0.1, 0.15) is 0 Å². The first-order chi connectivity index (χ1) is 6.59. The lowest BCUT2D eigenvalue weighted by Crippen LogP contribution is -2.30. The Hall–Kier alpha value is -0.870. The quantitative estimate of drug-likeness (QED) is 0.825. The van der Waals surface area contributed by atoms with Crippen LogP contribution in [0.4, 0.5) is 5.82 Å². The van der Waals surface area contributed by atoms with Crippen molar-refractivity contribution in [3.05, 3.63) is 17.5 Å². The van der Waals surface area contributed by atoms with Crippen LogP contribution in [-0.4, -0.2) is 41.5 Å². The minimum absolute atomic E-state index is 0.291. The van der Waals surface area contributed by atoms with Crippen LogP contribution < -0.4 is 5.32 Å². The first-order valence-electron chi connectivity index (χ1n) is 4.47. The van der Waals surface area contributed by atoms with Crippen molar-refractivity contribution < 1.29 is 0 Å². The third-order valence-electron chi connectivity index (χ3n) is 1.68. The number of rotatable bonds is 4. The normalized spacial score (nSPS) is 12.9. The second kappa shape index (κ2) is 5.12. The molecule has 0 fully saturated rings. The maximum atomic E-state index is 5.86. The maximum Gasteiger partial charge on any atom is 0.171 e. The van der Waals surface area contributed by atoms with Crippen molar-refractivity contribution in [3.8, 4) is 0 Å². The molecule has 0 aliphatic heterocycles. The van der Waals surface area contributed by atoms with E-state index in [0.717, 1.165) is 6.54 Å². The molecule has 1 N–H and O–H groups in total. The number of hydrogen-bond donors (Lipinski definition) is 1. The van der Waals surface area contributed by atoms with E-state index in [1.165, 1.54) is 0 Å². The van der Waals surface area contributed by atoms with Gasteiger partial charge in [0, 0.05) is 25.0 Å². The molecular formula is C9H15ClN4. The van der Waals surface area contributed by atoms with E-state index in [1.54, 1.807) is 12.4 Å². The fourth-order valence-electron chi connectivity index (χ4n) is 1.24. The van der Waals surface area contributed by atoms with Gasteiger partial charge < -0.3 is 10.2 Å². The Morgan fingerprint density at radius 2 is 2.07 bits per heavy atom. The van der Waals surface area contributed by atoms with Crippen molar-refractivity contribution in [1.29, 1.82) is 0 Å². The van der Waals surface area contributed by atoms with Crippen molar-refractivity contribution in [2.24, 2.45) is 0 Å². The molecule has 1 aromatic rings. The molecule has 0 aliphatic rings. The van der Waals surface area contributed by atoms with E-state index in [0.29, 0.717) is 17.0 Å². The average Bonchev–Trinajstić information content (AvgIpc) is 2.07. The number of likely N-dealkylation sites (N-methyl/N-ethyl adjacent to an activating group) is 1. The highest BCUT2D eigenvalue weighted by atomic mass is 35.5. The summed E-state index contributed by atoms with van der Waals surface area (Å²) in [5.41, 5.74) is 0. The lowest BCUT2D eigenvalue weighted by Gasteiger charge is -2.18. The number of nitrogens with zero attached hydrogens (tertiary/aromatic N) is 3. The van der Waals surface area contributed by atoms with Crippen molar-refractivity contribution in [2.75, 3.05) is 26.0 Å². The molecule has 1 heterocycles. The molecule has 1 atom stereocenters. The largest absolute Gasteiger partial charge is 0.364 e. The van der Waals surface area contributed by atoms with E-state index in [2.05, 4.69) is 27.1 Å². The van der Waals surface area contributed by atoms with E-state index in [1.807, 2.05) is 14.1 Å². The average molecular weight is 215 g/mol. The Morgan fingerprint density at radius 3 is 2.64 bits per heavy atom. The highest BCUT2D eigenvalue weighted by Gasteiger charge is 2.07. The maximum absolute atomic E-state index is 5.86. The highest BCUT2D eigenvalue weighted by molar-refractivity contribution is 6.31. The minimum atomic E-state index is 0.291. The van der Waals surface area contributed by atoms with Gasteiger partial charge in [0.15, 0.2) is 11.0 Å². The Balaban J connectivity index is 2.56. The second-order valence-electron chi connectivity index (χ2n) is 3.50. The van der Waals surface area contributed by atoms with Gasteiger partial charge in [-0.05, 0) is 21.0 Å². The molecule has 14 heavy (non-hydrogen) atoms.